The number of nitro groups is 1. The molecule has 1 aromatic carbocycles. The molecule has 0 atom stereocenters. The van der Waals surface area contributed by atoms with E-state index in [-0.39, 0.29) is 11.4 Å². The van der Waals surface area contributed by atoms with Crippen molar-refractivity contribution in [1.29, 1.82) is 0 Å². The number of hydrogen-bond acceptors (Lipinski definition) is 4. The second-order valence-corrected chi connectivity index (χ2v) is 4.31. The molecule has 1 aromatic heterocycles. The van der Waals surface area contributed by atoms with E-state index < -0.39 is 10.7 Å². The molecule has 94 valence electrons. The van der Waals surface area contributed by atoms with Crippen LogP contribution in [0.2, 0.25) is 0 Å². The number of nitrogens with zero attached hydrogens (tertiary/aromatic N) is 4. The fourth-order valence-electron chi connectivity index (χ4n) is 1.43. The van der Waals surface area contributed by atoms with Gasteiger partial charge in [0.25, 0.3) is 5.69 Å². The van der Waals surface area contributed by atoms with Gasteiger partial charge in [-0.2, -0.15) is 0 Å². The molecule has 0 radical (unpaired) electrons. The molecule has 2 rings (SSSR count). The van der Waals surface area contributed by atoms with Crippen LogP contribution in [0.15, 0.2) is 24.4 Å². The van der Waals surface area contributed by atoms with Gasteiger partial charge < -0.3 is 0 Å². The van der Waals surface area contributed by atoms with E-state index in [4.69, 9.17) is 0 Å². The average molecular weight is 315 g/mol. The van der Waals surface area contributed by atoms with Gasteiger partial charge in [-0.3, -0.25) is 10.1 Å². The highest BCUT2D eigenvalue weighted by molar-refractivity contribution is 9.09. The Bertz CT molecular complexity index is 587. The molecule has 6 nitrogen and oxygen atoms in total. The largest absolute Gasteiger partial charge is 0.274 e. The number of alkyl halides is 1. The summed E-state index contributed by atoms with van der Waals surface area (Å²) in [4.78, 5) is 9.98. The molecular weight excluding hydrogens is 307 g/mol. The van der Waals surface area contributed by atoms with Gasteiger partial charge in [-0.05, 0) is 0 Å². The first-order chi connectivity index (χ1) is 8.60. The number of aromatic nitrogens is 3. The van der Waals surface area contributed by atoms with Crippen molar-refractivity contribution in [2.45, 2.75) is 6.42 Å². The third kappa shape index (κ3) is 2.70. The zero-order valence-electron chi connectivity index (χ0n) is 9.08. The van der Waals surface area contributed by atoms with E-state index in [0.29, 0.717) is 6.42 Å². The standard InChI is InChI=1S/C10H8BrFN4O2/c11-2-1-8-6-15(14-13-8)9-3-7(12)4-10(5-9)16(17)18/h3-6H,1-2H2. The highest BCUT2D eigenvalue weighted by Crippen LogP contribution is 2.18. The molecule has 0 bridgehead atoms. The van der Waals surface area contributed by atoms with Crippen molar-refractivity contribution >= 4 is 21.6 Å². The molecule has 8 heteroatoms. The summed E-state index contributed by atoms with van der Waals surface area (Å²) in [7, 11) is 0. The Labute approximate surface area is 110 Å². The first-order valence-corrected chi connectivity index (χ1v) is 6.15. The number of aryl methyl sites for hydroxylation is 1. The summed E-state index contributed by atoms with van der Waals surface area (Å²) in [5, 5.41) is 19.0. The van der Waals surface area contributed by atoms with Crippen LogP contribution in [-0.2, 0) is 6.42 Å². The summed E-state index contributed by atoms with van der Waals surface area (Å²) >= 11 is 3.27. The smallest absolute Gasteiger partial charge is 0.258 e. The molecule has 0 unspecified atom stereocenters. The van der Waals surface area contributed by atoms with Crippen molar-refractivity contribution in [3.05, 3.63) is 46.0 Å². The van der Waals surface area contributed by atoms with Crippen molar-refractivity contribution in [1.82, 2.24) is 15.0 Å². The fourth-order valence-corrected chi connectivity index (χ4v) is 1.84. The number of nitro benzene ring substituents is 1. The summed E-state index contributed by atoms with van der Waals surface area (Å²) in [6.07, 6.45) is 2.29. The Morgan fingerprint density at radius 2 is 2.22 bits per heavy atom. The van der Waals surface area contributed by atoms with Gasteiger partial charge in [0.1, 0.15) is 5.82 Å². The van der Waals surface area contributed by atoms with E-state index in [1.165, 1.54) is 16.8 Å². The number of hydrogen-bond donors (Lipinski definition) is 0. The van der Waals surface area contributed by atoms with Gasteiger partial charge in [-0.15, -0.1) is 5.10 Å². The average Bonchev–Trinajstić information content (AvgIpc) is 2.77. The second kappa shape index (κ2) is 5.21. The highest BCUT2D eigenvalue weighted by Gasteiger charge is 2.12. The Kier molecular flexibility index (Phi) is 3.66. The van der Waals surface area contributed by atoms with Crippen LogP contribution in [0.3, 0.4) is 0 Å². The minimum atomic E-state index is -0.684. The maximum absolute atomic E-state index is 13.3. The summed E-state index contributed by atoms with van der Waals surface area (Å²) in [6.45, 7) is 0. The summed E-state index contributed by atoms with van der Waals surface area (Å²) < 4.78 is 14.6. The molecule has 0 saturated heterocycles. The molecule has 0 spiro atoms. The number of halogens is 2. The summed E-state index contributed by atoms with van der Waals surface area (Å²) in [6, 6.07) is 3.27. The van der Waals surface area contributed by atoms with Crippen LogP contribution in [-0.4, -0.2) is 25.2 Å². The van der Waals surface area contributed by atoms with Gasteiger partial charge >= 0.3 is 0 Å². The minimum Gasteiger partial charge on any atom is -0.258 e. The van der Waals surface area contributed by atoms with Gasteiger partial charge in [-0.1, -0.05) is 21.1 Å². The van der Waals surface area contributed by atoms with Crippen LogP contribution in [0.5, 0.6) is 0 Å². The number of rotatable bonds is 4. The predicted octanol–water partition coefficient (Wildman–Crippen LogP) is 2.25. The molecule has 2 aromatic rings. The van der Waals surface area contributed by atoms with Crippen LogP contribution >= 0.6 is 15.9 Å². The van der Waals surface area contributed by atoms with Gasteiger partial charge in [0.05, 0.1) is 28.6 Å². The van der Waals surface area contributed by atoms with Gasteiger partial charge in [0, 0.05) is 23.9 Å². The van der Waals surface area contributed by atoms with E-state index in [0.717, 1.165) is 17.1 Å². The van der Waals surface area contributed by atoms with Crippen LogP contribution < -0.4 is 0 Å². The van der Waals surface area contributed by atoms with Gasteiger partial charge in [-0.25, -0.2) is 9.07 Å². The fraction of sp³-hybridized carbons (Fsp3) is 0.200. The number of benzene rings is 1. The van der Waals surface area contributed by atoms with Crippen molar-refractivity contribution in [3.8, 4) is 5.69 Å². The minimum absolute atomic E-state index is 0.273. The molecule has 0 saturated carbocycles. The lowest BCUT2D eigenvalue weighted by molar-refractivity contribution is -0.385. The maximum Gasteiger partial charge on any atom is 0.274 e. The summed E-state index contributed by atoms with van der Waals surface area (Å²) in [5.74, 6) is -0.684. The van der Waals surface area contributed by atoms with E-state index >= 15 is 0 Å². The molecule has 0 N–H and O–H groups in total. The lowest BCUT2D eigenvalue weighted by Gasteiger charge is -2.00. The van der Waals surface area contributed by atoms with Crippen LogP contribution in [0.25, 0.3) is 5.69 Å². The molecule has 18 heavy (non-hydrogen) atoms. The Morgan fingerprint density at radius 1 is 1.44 bits per heavy atom. The normalized spacial score (nSPS) is 10.6. The van der Waals surface area contributed by atoms with Crippen molar-refractivity contribution in [2.24, 2.45) is 0 Å². The quantitative estimate of drug-likeness (QED) is 0.493. The van der Waals surface area contributed by atoms with Crippen LogP contribution in [0.1, 0.15) is 5.69 Å². The lowest BCUT2D eigenvalue weighted by Crippen LogP contribution is -1.98. The van der Waals surface area contributed by atoms with Crippen molar-refractivity contribution < 1.29 is 9.31 Å². The first kappa shape index (κ1) is 12.6. The zero-order chi connectivity index (χ0) is 13.1. The maximum atomic E-state index is 13.3. The zero-order valence-corrected chi connectivity index (χ0v) is 10.7. The Balaban J connectivity index is 2.39. The molecule has 0 aliphatic rings. The van der Waals surface area contributed by atoms with Crippen LogP contribution in [0, 0.1) is 15.9 Å². The number of non-ortho nitro benzene ring substituents is 1. The summed E-state index contributed by atoms with van der Waals surface area (Å²) in [5.41, 5.74) is 0.677. The predicted molar refractivity (Wildman–Crippen MR) is 65.5 cm³/mol. The molecule has 0 amide bonds. The van der Waals surface area contributed by atoms with E-state index in [9.17, 15) is 14.5 Å². The Morgan fingerprint density at radius 3 is 2.89 bits per heavy atom. The third-order valence-electron chi connectivity index (χ3n) is 2.23. The molecule has 0 fully saturated rings. The van der Waals surface area contributed by atoms with Crippen LogP contribution in [0.4, 0.5) is 10.1 Å². The second-order valence-electron chi connectivity index (χ2n) is 3.52. The van der Waals surface area contributed by atoms with Gasteiger partial charge in [0.2, 0.25) is 0 Å². The van der Waals surface area contributed by atoms with Crippen molar-refractivity contribution in [2.75, 3.05) is 5.33 Å². The monoisotopic (exact) mass is 314 g/mol. The first-order valence-electron chi connectivity index (χ1n) is 5.02. The SMILES string of the molecule is O=[N+]([O-])c1cc(F)cc(-n2cc(CCBr)nn2)c1. The highest BCUT2D eigenvalue weighted by atomic mass is 79.9. The van der Waals surface area contributed by atoms with Gasteiger partial charge in [0.15, 0.2) is 0 Å². The van der Waals surface area contributed by atoms with E-state index in [2.05, 4.69) is 26.2 Å². The van der Waals surface area contributed by atoms with Crippen molar-refractivity contribution in [3.63, 3.8) is 0 Å². The lowest BCUT2D eigenvalue weighted by atomic mass is 10.2. The van der Waals surface area contributed by atoms with E-state index in [1.54, 1.807) is 6.20 Å². The molecular formula is C10H8BrFN4O2. The Hall–Kier alpha value is -1.83. The molecule has 1 heterocycles. The molecule has 0 aliphatic heterocycles. The molecule has 0 aliphatic carbocycles. The topological polar surface area (TPSA) is 73.8 Å². The third-order valence-corrected chi connectivity index (χ3v) is 2.63. The van der Waals surface area contributed by atoms with E-state index in [1.807, 2.05) is 0 Å².